The zero-order chi connectivity index (χ0) is 16.7. The van der Waals surface area contributed by atoms with Gasteiger partial charge in [-0.15, -0.1) is 0 Å². The van der Waals surface area contributed by atoms with Gasteiger partial charge in [-0.2, -0.15) is 0 Å². The molecule has 0 radical (unpaired) electrons. The topological polar surface area (TPSA) is 46.0 Å². The van der Waals surface area contributed by atoms with E-state index in [-0.39, 0.29) is 0 Å². The van der Waals surface area contributed by atoms with E-state index in [1.807, 2.05) is 25.2 Å². The second-order valence-electron chi connectivity index (χ2n) is 6.31. The molecule has 4 rings (SSSR count). The molecule has 1 N–H and O–H groups in total. The molecule has 6 heteroatoms. The molecule has 0 amide bonds. The number of para-hydroxylation sites is 2. The Kier molecular flexibility index (Phi) is 3.90. The Labute approximate surface area is 146 Å². The minimum atomic E-state index is 0.454. The maximum absolute atomic E-state index is 6.45. The molecule has 0 aliphatic carbocycles. The van der Waals surface area contributed by atoms with Crippen LogP contribution in [-0.4, -0.2) is 40.2 Å². The van der Waals surface area contributed by atoms with Crippen LogP contribution in [0.3, 0.4) is 0 Å². The van der Waals surface area contributed by atoms with Crippen LogP contribution in [0.5, 0.6) is 0 Å². The second-order valence-corrected chi connectivity index (χ2v) is 6.71. The van der Waals surface area contributed by atoms with Crippen molar-refractivity contribution in [3.8, 4) is 11.4 Å². The molecule has 124 valence electrons. The third-order valence-electron chi connectivity index (χ3n) is 4.56. The zero-order valence-corrected chi connectivity index (χ0v) is 14.6. The molecule has 3 aromatic rings. The zero-order valence-electron chi connectivity index (χ0n) is 13.8. The first-order chi connectivity index (χ1) is 11.6. The van der Waals surface area contributed by atoms with E-state index in [0.29, 0.717) is 11.1 Å². The summed E-state index contributed by atoms with van der Waals surface area (Å²) in [5.41, 5.74) is 2.99. The number of hydrogen-bond acceptors (Lipinski definition) is 4. The van der Waals surface area contributed by atoms with Crippen LogP contribution in [0.15, 0.2) is 36.5 Å². The summed E-state index contributed by atoms with van der Waals surface area (Å²) in [5.74, 6) is 1.82. The normalized spacial score (nSPS) is 18.3. The number of aromatic nitrogens is 3. The Balaban J connectivity index is 1.79. The van der Waals surface area contributed by atoms with Crippen LogP contribution < -0.4 is 10.2 Å². The monoisotopic (exact) mass is 341 g/mol. The summed E-state index contributed by atoms with van der Waals surface area (Å²) in [6, 6.07) is 10.6. The number of aryl methyl sites for hydroxylation is 1. The van der Waals surface area contributed by atoms with Crippen molar-refractivity contribution in [2.45, 2.75) is 13.0 Å². The Hall–Kier alpha value is -2.11. The molecule has 1 atom stereocenters. The van der Waals surface area contributed by atoms with E-state index < -0.39 is 0 Å². The van der Waals surface area contributed by atoms with Gasteiger partial charge in [0.05, 0.1) is 16.1 Å². The van der Waals surface area contributed by atoms with Crippen molar-refractivity contribution in [3.05, 3.63) is 41.6 Å². The number of anilines is 1. The summed E-state index contributed by atoms with van der Waals surface area (Å²) in [6.07, 6.45) is 1.73. The fourth-order valence-corrected chi connectivity index (χ4v) is 3.49. The van der Waals surface area contributed by atoms with E-state index in [1.54, 1.807) is 6.20 Å². The summed E-state index contributed by atoms with van der Waals surface area (Å²) in [6.45, 7) is 5.04. The number of benzene rings is 1. The van der Waals surface area contributed by atoms with Crippen LogP contribution >= 0.6 is 11.6 Å². The Bertz CT molecular complexity index is 888. The fourth-order valence-electron chi connectivity index (χ4n) is 3.30. The number of rotatable bonds is 2. The second kappa shape index (κ2) is 6.07. The highest BCUT2D eigenvalue weighted by atomic mass is 35.5. The van der Waals surface area contributed by atoms with E-state index in [4.69, 9.17) is 16.6 Å². The van der Waals surface area contributed by atoms with Crippen molar-refractivity contribution in [3.63, 3.8) is 0 Å². The summed E-state index contributed by atoms with van der Waals surface area (Å²) in [5, 5.41) is 4.08. The Morgan fingerprint density at radius 2 is 2.12 bits per heavy atom. The van der Waals surface area contributed by atoms with E-state index in [0.717, 1.165) is 47.9 Å². The number of pyridine rings is 1. The van der Waals surface area contributed by atoms with Crippen molar-refractivity contribution in [2.24, 2.45) is 7.05 Å². The molecule has 3 heterocycles. The van der Waals surface area contributed by atoms with Gasteiger partial charge in [-0.1, -0.05) is 23.7 Å². The number of fused-ring (bicyclic) bond motifs is 1. The number of hydrogen-bond donors (Lipinski definition) is 1. The summed E-state index contributed by atoms with van der Waals surface area (Å²) in [4.78, 5) is 11.6. The molecule has 0 unspecified atom stereocenters. The highest BCUT2D eigenvalue weighted by Gasteiger charge is 2.20. The average molecular weight is 342 g/mol. The molecule has 1 saturated heterocycles. The van der Waals surface area contributed by atoms with E-state index in [2.05, 4.69) is 38.8 Å². The molecule has 1 aliphatic rings. The van der Waals surface area contributed by atoms with Crippen LogP contribution in [0.25, 0.3) is 22.4 Å². The predicted octanol–water partition coefficient (Wildman–Crippen LogP) is 3.09. The van der Waals surface area contributed by atoms with E-state index >= 15 is 0 Å². The van der Waals surface area contributed by atoms with Crippen LogP contribution in [-0.2, 0) is 7.05 Å². The van der Waals surface area contributed by atoms with Crippen LogP contribution in [0.2, 0.25) is 5.02 Å². The molecule has 1 aromatic carbocycles. The number of imidazole rings is 1. The van der Waals surface area contributed by atoms with Gasteiger partial charge in [-0.3, -0.25) is 0 Å². The molecule has 0 spiro atoms. The van der Waals surface area contributed by atoms with Gasteiger partial charge in [0.25, 0.3) is 0 Å². The van der Waals surface area contributed by atoms with Crippen LogP contribution in [0, 0.1) is 0 Å². The SMILES string of the molecule is C[C@@H]1CN(c2cc(-c3nc4ccccc4n3C)c(Cl)cn2)CCN1. The maximum Gasteiger partial charge on any atom is 0.142 e. The van der Waals surface area contributed by atoms with Gasteiger partial charge < -0.3 is 14.8 Å². The molecule has 24 heavy (non-hydrogen) atoms. The number of piperazine rings is 1. The number of nitrogens with one attached hydrogen (secondary N) is 1. The van der Waals surface area contributed by atoms with Gasteiger partial charge in [0.1, 0.15) is 11.6 Å². The average Bonchev–Trinajstić information content (AvgIpc) is 2.92. The first-order valence-corrected chi connectivity index (χ1v) is 8.57. The lowest BCUT2D eigenvalue weighted by Gasteiger charge is -2.33. The van der Waals surface area contributed by atoms with Crippen molar-refractivity contribution in [1.29, 1.82) is 0 Å². The molecule has 2 aromatic heterocycles. The highest BCUT2D eigenvalue weighted by molar-refractivity contribution is 6.33. The van der Waals surface area contributed by atoms with Crippen molar-refractivity contribution < 1.29 is 0 Å². The number of halogens is 1. The Morgan fingerprint density at radius 1 is 1.29 bits per heavy atom. The molecule has 0 bridgehead atoms. The standard InChI is InChI=1S/C18H20ClN5/c1-12-11-24(8-7-20-12)17-9-13(14(19)10-21-17)18-22-15-5-3-4-6-16(15)23(18)2/h3-6,9-10,12,20H,7-8,11H2,1-2H3/t12-/m1/s1. The van der Waals surface area contributed by atoms with Crippen molar-refractivity contribution >= 4 is 28.5 Å². The molecular weight excluding hydrogens is 322 g/mol. The van der Waals surface area contributed by atoms with Crippen LogP contribution in [0.4, 0.5) is 5.82 Å². The van der Waals surface area contributed by atoms with Gasteiger partial charge in [0, 0.05) is 44.5 Å². The highest BCUT2D eigenvalue weighted by Crippen LogP contribution is 2.31. The molecule has 0 saturated carbocycles. The Morgan fingerprint density at radius 3 is 2.92 bits per heavy atom. The molecular formula is C18H20ClN5. The van der Waals surface area contributed by atoms with Gasteiger partial charge in [-0.05, 0) is 25.1 Å². The first-order valence-electron chi connectivity index (χ1n) is 8.19. The molecule has 1 aliphatic heterocycles. The minimum Gasteiger partial charge on any atom is -0.354 e. The summed E-state index contributed by atoms with van der Waals surface area (Å²) < 4.78 is 2.08. The van der Waals surface area contributed by atoms with Crippen molar-refractivity contribution in [2.75, 3.05) is 24.5 Å². The summed E-state index contributed by atoms with van der Waals surface area (Å²) >= 11 is 6.45. The third kappa shape index (κ3) is 2.64. The number of nitrogens with zero attached hydrogens (tertiary/aromatic N) is 4. The fraction of sp³-hybridized carbons (Fsp3) is 0.333. The van der Waals surface area contributed by atoms with Crippen molar-refractivity contribution in [1.82, 2.24) is 19.9 Å². The maximum atomic E-state index is 6.45. The van der Waals surface area contributed by atoms with E-state index in [1.165, 1.54) is 0 Å². The predicted molar refractivity (Wildman–Crippen MR) is 98.6 cm³/mol. The minimum absolute atomic E-state index is 0.454. The van der Waals surface area contributed by atoms with Crippen LogP contribution in [0.1, 0.15) is 6.92 Å². The van der Waals surface area contributed by atoms with Gasteiger partial charge in [-0.25, -0.2) is 9.97 Å². The largest absolute Gasteiger partial charge is 0.354 e. The third-order valence-corrected chi connectivity index (χ3v) is 4.86. The molecule has 5 nitrogen and oxygen atoms in total. The lowest BCUT2D eigenvalue weighted by Crippen LogP contribution is -2.49. The van der Waals surface area contributed by atoms with E-state index in [9.17, 15) is 0 Å². The lowest BCUT2D eigenvalue weighted by atomic mass is 10.2. The molecule has 1 fully saturated rings. The lowest BCUT2D eigenvalue weighted by molar-refractivity contribution is 0.482. The van der Waals surface area contributed by atoms with Gasteiger partial charge in [0.15, 0.2) is 0 Å². The van der Waals surface area contributed by atoms with Gasteiger partial charge in [0.2, 0.25) is 0 Å². The summed E-state index contributed by atoms with van der Waals surface area (Å²) in [7, 11) is 2.02. The smallest absolute Gasteiger partial charge is 0.142 e. The quantitative estimate of drug-likeness (QED) is 0.778. The van der Waals surface area contributed by atoms with Gasteiger partial charge >= 0.3 is 0 Å². The first kappa shape index (κ1) is 15.4.